The fraction of sp³-hybridized carbons (Fsp3) is 0.520. The molecular formula is C25H27F5N2O5. The number of hydrogen-bond donors (Lipinski definition) is 2. The number of halogens is 5. The van der Waals surface area contributed by atoms with E-state index in [1.54, 1.807) is 0 Å². The first-order chi connectivity index (χ1) is 17.4. The van der Waals surface area contributed by atoms with Gasteiger partial charge in [0, 0.05) is 49.2 Å². The molecule has 1 amide bonds. The summed E-state index contributed by atoms with van der Waals surface area (Å²) in [6.45, 7) is 2.21. The fourth-order valence-corrected chi connectivity index (χ4v) is 4.75. The Balaban J connectivity index is 1.74. The number of hydrogen-bond acceptors (Lipinski definition) is 6. The lowest BCUT2D eigenvalue weighted by Gasteiger charge is -2.34. The molecule has 2 fully saturated rings. The van der Waals surface area contributed by atoms with Crippen LogP contribution >= 0.6 is 0 Å². The normalized spacial score (nSPS) is 29.6. The van der Waals surface area contributed by atoms with Crippen molar-refractivity contribution in [3.05, 3.63) is 53.4 Å². The second-order valence-corrected chi connectivity index (χ2v) is 9.56. The number of ether oxygens (including phenoxy) is 3. The van der Waals surface area contributed by atoms with Crippen LogP contribution in [0.3, 0.4) is 0 Å². The van der Waals surface area contributed by atoms with E-state index < -0.39 is 65.2 Å². The summed E-state index contributed by atoms with van der Waals surface area (Å²) in [4.78, 5) is 17.4. The molecule has 0 spiro atoms. The molecule has 2 aliphatic rings. The lowest BCUT2D eigenvalue weighted by Crippen LogP contribution is -2.47. The average Bonchev–Trinajstić information content (AvgIpc) is 3.08. The summed E-state index contributed by atoms with van der Waals surface area (Å²) in [6.07, 6.45) is -6.22. The lowest BCUT2D eigenvalue weighted by atomic mass is 9.76. The number of amides is 1. The van der Waals surface area contributed by atoms with Crippen LogP contribution in [0.2, 0.25) is 0 Å². The first-order valence-corrected chi connectivity index (χ1v) is 11.7. The summed E-state index contributed by atoms with van der Waals surface area (Å²) >= 11 is 0. The Morgan fingerprint density at radius 1 is 1.27 bits per heavy atom. The van der Waals surface area contributed by atoms with E-state index in [1.807, 2.05) is 0 Å². The third-order valence-corrected chi connectivity index (χ3v) is 7.10. The number of nitrogens with zero attached hydrogens (tertiary/aromatic N) is 1. The molecular weight excluding hydrogens is 503 g/mol. The minimum atomic E-state index is -4.88. The maximum Gasteiger partial charge on any atom is 0.417 e. The van der Waals surface area contributed by atoms with E-state index in [9.17, 15) is 31.9 Å². The zero-order chi connectivity index (χ0) is 27.1. The Hall–Kier alpha value is -2.83. The standard InChI is InChI=1S/C25H27F5N2O5/c1-12-19(17-4-5-18(26)20(27)21(17)36-16-9-15(33)10-16)22(37-24(12,2)25(28,29)30)23(34)32-13-6-7-31-14(8-13)11-35-3/h4-8,12,15-16,19,22,33H,9-11H2,1-3H3,(H,31,32,34)/t12-,15-,16+,19-,22+,24+/m0/s1. The highest BCUT2D eigenvalue weighted by molar-refractivity contribution is 5.95. The molecule has 1 saturated carbocycles. The monoisotopic (exact) mass is 530 g/mol. The van der Waals surface area contributed by atoms with Crippen molar-refractivity contribution in [3.8, 4) is 5.75 Å². The van der Waals surface area contributed by atoms with Gasteiger partial charge in [-0.2, -0.15) is 17.6 Å². The summed E-state index contributed by atoms with van der Waals surface area (Å²) in [5.41, 5.74) is -2.19. The summed E-state index contributed by atoms with van der Waals surface area (Å²) in [7, 11) is 1.45. The number of pyridine rings is 1. The van der Waals surface area contributed by atoms with Gasteiger partial charge in [0.15, 0.2) is 17.2 Å². The van der Waals surface area contributed by atoms with Crippen molar-refractivity contribution in [3.63, 3.8) is 0 Å². The number of methoxy groups -OCH3 is 1. The molecule has 37 heavy (non-hydrogen) atoms. The van der Waals surface area contributed by atoms with Crippen molar-refractivity contribution in [2.45, 2.75) is 69.3 Å². The average molecular weight is 530 g/mol. The molecule has 0 radical (unpaired) electrons. The molecule has 202 valence electrons. The Kier molecular flexibility index (Phi) is 7.46. The highest BCUT2D eigenvalue weighted by Crippen LogP contribution is 2.55. The quantitative estimate of drug-likeness (QED) is 0.513. The molecule has 1 saturated heterocycles. The van der Waals surface area contributed by atoms with Crippen LogP contribution in [0, 0.1) is 17.6 Å². The number of anilines is 1. The minimum absolute atomic E-state index is 0.129. The third-order valence-electron chi connectivity index (χ3n) is 7.10. The van der Waals surface area contributed by atoms with Gasteiger partial charge < -0.3 is 24.6 Å². The SMILES string of the molecule is COCc1cc(NC(=O)[C@@H]2O[C@@](C)(C(F)(F)F)[C@@H](C)[C@H]2c2ccc(F)c(F)c2O[C@H]2C[C@@H](O)C2)ccn1. The number of benzene rings is 1. The van der Waals surface area contributed by atoms with E-state index in [0.717, 1.165) is 19.1 Å². The topological polar surface area (TPSA) is 89.9 Å². The van der Waals surface area contributed by atoms with Crippen LogP contribution in [0.15, 0.2) is 30.5 Å². The van der Waals surface area contributed by atoms with Crippen molar-refractivity contribution < 1.29 is 46.1 Å². The molecule has 12 heteroatoms. The van der Waals surface area contributed by atoms with Gasteiger partial charge in [0.25, 0.3) is 5.91 Å². The van der Waals surface area contributed by atoms with Gasteiger partial charge in [0.05, 0.1) is 18.4 Å². The van der Waals surface area contributed by atoms with Crippen molar-refractivity contribution in [2.75, 3.05) is 12.4 Å². The van der Waals surface area contributed by atoms with Gasteiger partial charge in [-0.1, -0.05) is 13.0 Å². The van der Waals surface area contributed by atoms with Crippen LogP contribution in [-0.2, 0) is 20.9 Å². The first-order valence-electron chi connectivity index (χ1n) is 11.7. The van der Waals surface area contributed by atoms with E-state index in [1.165, 1.54) is 32.4 Å². The fourth-order valence-electron chi connectivity index (χ4n) is 4.75. The van der Waals surface area contributed by atoms with Gasteiger partial charge in [-0.3, -0.25) is 9.78 Å². The molecule has 0 unspecified atom stereocenters. The van der Waals surface area contributed by atoms with Gasteiger partial charge in [-0.05, 0) is 25.1 Å². The Bertz CT molecular complexity index is 1160. The first kappa shape index (κ1) is 27.2. The van der Waals surface area contributed by atoms with Gasteiger partial charge in [0.2, 0.25) is 5.82 Å². The van der Waals surface area contributed by atoms with Crippen LogP contribution in [0.4, 0.5) is 27.6 Å². The summed E-state index contributed by atoms with van der Waals surface area (Å²) in [5.74, 6) is -6.87. The molecule has 2 heterocycles. The molecule has 2 N–H and O–H groups in total. The van der Waals surface area contributed by atoms with Crippen molar-refractivity contribution in [1.29, 1.82) is 0 Å². The largest absolute Gasteiger partial charge is 0.487 e. The van der Waals surface area contributed by atoms with Gasteiger partial charge in [-0.25, -0.2) is 4.39 Å². The van der Waals surface area contributed by atoms with Crippen LogP contribution < -0.4 is 10.1 Å². The number of aromatic nitrogens is 1. The predicted molar refractivity (Wildman–Crippen MR) is 121 cm³/mol. The molecule has 7 nitrogen and oxygen atoms in total. The maximum atomic E-state index is 14.9. The van der Waals surface area contributed by atoms with Gasteiger partial charge in [-0.15, -0.1) is 0 Å². The smallest absolute Gasteiger partial charge is 0.417 e. The van der Waals surface area contributed by atoms with Crippen LogP contribution in [-0.4, -0.2) is 53.2 Å². The molecule has 0 bridgehead atoms. The Morgan fingerprint density at radius 3 is 2.59 bits per heavy atom. The van der Waals surface area contributed by atoms with Crippen LogP contribution in [0.1, 0.15) is 43.9 Å². The number of carbonyl (C=O) groups excluding carboxylic acids is 1. The van der Waals surface area contributed by atoms with E-state index in [2.05, 4.69) is 10.3 Å². The summed E-state index contributed by atoms with van der Waals surface area (Å²) in [6, 6.07) is 4.82. The molecule has 1 aromatic heterocycles. The number of nitrogens with one attached hydrogen (secondary N) is 1. The third kappa shape index (κ3) is 5.14. The molecule has 4 atom stereocenters. The molecule has 1 aliphatic carbocycles. The molecule has 4 rings (SSSR count). The Morgan fingerprint density at radius 2 is 1.97 bits per heavy atom. The number of rotatable bonds is 7. The zero-order valence-electron chi connectivity index (χ0n) is 20.3. The number of alkyl halides is 3. The van der Waals surface area contributed by atoms with Crippen molar-refractivity contribution >= 4 is 11.6 Å². The Labute approximate surface area is 209 Å². The lowest BCUT2D eigenvalue weighted by molar-refractivity contribution is -0.272. The van der Waals surface area contributed by atoms with Crippen LogP contribution in [0.25, 0.3) is 0 Å². The second-order valence-electron chi connectivity index (χ2n) is 9.56. The van der Waals surface area contributed by atoms with Crippen molar-refractivity contribution in [2.24, 2.45) is 5.92 Å². The maximum absolute atomic E-state index is 14.9. The van der Waals surface area contributed by atoms with Gasteiger partial charge in [0.1, 0.15) is 12.2 Å². The minimum Gasteiger partial charge on any atom is -0.487 e. The summed E-state index contributed by atoms with van der Waals surface area (Å²) in [5, 5.41) is 12.1. The van der Waals surface area contributed by atoms with Crippen LogP contribution in [0.5, 0.6) is 5.75 Å². The molecule has 1 aromatic carbocycles. The van der Waals surface area contributed by atoms with Crippen molar-refractivity contribution in [1.82, 2.24) is 4.98 Å². The number of carbonyl (C=O) groups is 1. The van der Waals surface area contributed by atoms with E-state index >= 15 is 0 Å². The van der Waals surface area contributed by atoms with E-state index in [0.29, 0.717) is 5.69 Å². The zero-order valence-corrected chi connectivity index (χ0v) is 20.3. The summed E-state index contributed by atoms with van der Waals surface area (Å²) < 4.78 is 87.6. The highest BCUT2D eigenvalue weighted by Gasteiger charge is 2.66. The molecule has 1 aliphatic heterocycles. The molecule has 2 aromatic rings. The second kappa shape index (κ2) is 10.1. The number of aliphatic hydroxyl groups excluding tert-OH is 1. The van der Waals surface area contributed by atoms with Gasteiger partial charge >= 0.3 is 6.18 Å². The predicted octanol–water partition coefficient (Wildman–Crippen LogP) is 4.49. The number of aliphatic hydroxyl groups is 1. The highest BCUT2D eigenvalue weighted by atomic mass is 19.4. The van der Waals surface area contributed by atoms with E-state index in [4.69, 9.17) is 14.2 Å². The van der Waals surface area contributed by atoms with E-state index in [-0.39, 0.29) is 30.7 Å².